The third-order valence-corrected chi connectivity index (χ3v) is 10.3. The van der Waals surface area contributed by atoms with Crippen molar-refractivity contribution in [2.45, 2.75) is 75.5 Å². The number of hydrogen-bond acceptors (Lipinski definition) is 8. The van der Waals surface area contributed by atoms with Crippen LogP contribution in [0.5, 0.6) is 0 Å². The van der Waals surface area contributed by atoms with E-state index in [-0.39, 0.29) is 29.2 Å². The van der Waals surface area contributed by atoms with E-state index >= 15 is 0 Å². The van der Waals surface area contributed by atoms with Crippen LogP contribution in [0.4, 0.5) is 10.5 Å². The van der Waals surface area contributed by atoms with Gasteiger partial charge in [0.15, 0.2) is 0 Å². The van der Waals surface area contributed by atoms with Crippen molar-refractivity contribution in [3.63, 3.8) is 0 Å². The first-order chi connectivity index (χ1) is 21.9. The van der Waals surface area contributed by atoms with Gasteiger partial charge in [-0.3, -0.25) is 4.79 Å². The Hall–Kier alpha value is -4.31. The molecule has 10 nitrogen and oxygen atoms in total. The molecule has 1 aliphatic carbocycles. The number of carbonyl (C=O) groups is 2. The molecule has 1 heterocycles. The molecule has 0 bridgehead atoms. The maximum atomic E-state index is 13.8. The number of rotatable bonds is 9. The van der Waals surface area contributed by atoms with Gasteiger partial charge in [0.25, 0.3) is 0 Å². The molecule has 1 saturated carbocycles. The second-order valence-corrected chi connectivity index (χ2v) is 15.2. The molecule has 1 fully saturated rings. The number of amides is 2. The third-order valence-electron chi connectivity index (χ3n) is 7.63. The summed E-state index contributed by atoms with van der Waals surface area (Å²) in [5.41, 5.74) is 1.85. The maximum Gasteiger partial charge on any atom is 0.407 e. The number of nitrogens with one attached hydrogen (secondary N) is 3. The Morgan fingerprint density at radius 2 is 1.76 bits per heavy atom. The average Bonchev–Trinajstić information content (AvgIpc) is 3.45. The average molecular weight is 660 g/mol. The van der Waals surface area contributed by atoms with Crippen LogP contribution >= 0.6 is 11.3 Å². The molecule has 5 rings (SSSR count). The molecule has 1 aromatic heterocycles. The fourth-order valence-electron chi connectivity index (χ4n) is 5.44. The summed E-state index contributed by atoms with van der Waals surface area (Å²) in [6, 6.07) is 22.2. The van der Waals surface area contributed by atoms with Crippen LogP contribution in [0, 0.1) is 17.2 Å². The predicted octanol–water partition coefficient (Wildman–Crippen LogP) is 6.45. The first kappa shape index (κ1) is 33.1. The lowest BCUT2D eigenvalue weighted by atomic mass is 9.85. The van der Waals surface area contributed by atoms with Crippen molar-refractivity contribution < 1.29 is 22.7 Å². The summed E-state index contributed by atoms with van der Waals surface area (Å²) in [5, 5.41) is 15.7. The number of nitrogens with zero attached hydrogens (tertiary/aromatic N) is 2. The lowest BCUT2D eigenvalue weighted by molar-refractivity contribution is -0.120. The summed E-state index contributed by atoms with van der Waals surface area (Å²) in [5.74, 6) is -0.453. The van der Waals surface area contributed by atoms with E-state index in [0.717, 1.165) is 15.8 Å². The van der Waals surface area contributed by atoms with E-state index < -0.39 is 27.8 Å². The van der Waals surface area contributed by atoms with Crippen LogP contribution in [0.1, 0.15) is 68.6 Å². The lowest BCUT2D eigenvalue weighted by Gasteiger charge is -2.29. The van der Waals surface area contributed by atoms with Crippen LogP contribution in [0.25, 0.3) is 10.2 Å². The number of anilines is 1. The molecule has 0 spiro atoms. The number of hydrogen-bond donors (Lipinski definition) is 3. The second kappa shape index (κ2) is 14.0. The summed E-state index contributed by atoms with van der Waals surface area (Å²) < 4.78 is 36.6. The Bertz CT molecular complexity index is 1840. The highest BCUT2D eigenvalue weighted by molar-refractivity contribution is 7.89. The molecule has 46 heavy (non-hydrogen) atoms. The number of thiazole rings is 1. The Labute approximate surface area is 273 Å². The Morgan fingerprint density at radius 3 is 2.48 bits per heavy atom. The molecule has 240 valence electrons. The molecule has 1 aliphatic rings. The minimum absolute atomic E-state index is 0.00690. The Balaban J connectivity index is 1.27. The SMILES string of the molecule is CC(C)(C)OC(=O)NC1CCC(C(=O)Nc2cccc(S(=O)(=O)NC(Cc3cccc(C#N)c3)c3nc4ccccc4s3)c2)CC1. The van der Waals surface area contributed by atoms with Crippen molar-refractivity contribution in [3.05, 3.63) is 88.9 Å². The van der Waals surface area contributed by atoms with E-state index in [2.05, 4.69) is 21.4 Å². The van der Waals surface area contributed by atoms with Crippen LogP contribution in [0.2, 0.25) is 0 Å². The van der Waals surface area contributed by atoms with E-state index in [9.17, 15) is 23.3 Å². The topological polar surface area (TPSA) is 150 Å². The van der Waals surface area contributed by atoms with Gasteiger partial charge in [0, 0.05) is 17.6 Å². The number of aromatic nitrogens is 1. The van der Waals surface area contributed by atoms with Gasteiger partial charge in [0.2, 0.25) is 15.9 Å². The van der Waals surface area contributed by atoms with Gasteiger partial charge < -0.3 is 15.4 Å². The van der Waals surface area contributed by atoms with Crippen molar-refractivity contribution in [3.8, 4) is 6.07 Å². The van der Waals surface area contributed by atoms with Gasteiger partial charge in [0.05, 0.1) is 32.8 Å². The fraction of sp³-hybridized carbons (Fsp3) is 0.353. The molecule has 12 heteroatoms. The van der Waals surface area contributed by atoms with E-state index in [0.29, 0.717) is 41.9 Å². The van der Waals surface area contributed by atoms with Crippen LogP contribution in [-0.4, -0.2) is 37.0 Å². The molecule has 0 aliphatic heterocycles. The second-order valence-electron chi connectivity index (χ2n) is 12.4. The largest absolute Gasteiger partial charge is 0.444 e. The molecule has 0 saturated heterocycles. The molecule has 0 radical (unpaired) electrons. The highest BCUT2D eigenvalue weighted by atomic mass is 32.2. The smallest absolute Gasteiger partial charge is 0.407 e. The van der Waals surface area contributed by atoms with Gasteiger partial charge in [0.1, 0.15) is 10.6 Å². The Morgan fingerprint density at radius 1 is 1.02 bits per heavy atom. The van der Waals surface area contributed by atoms with Crippen LogP contribution in [0.3, 0.4) is 0 Å². The van der Waals surface area contributed by atoms with E-state index in [1.807, 2.05) is 51.1 Å². The number of para-hydroxylation sites is 1. The quantitative estimate of drug-likeness (QED) is 0.187. The molecule has 3 N–H and O–H groups in total. The minimum Gasteiger partial charge on any atom is -0.444 e. The van der Waals surface area contributed by atoms with E-state index in [1.54, 1.807) is 30.3 Å². The molecule has 4 aromatic rings. The minimum atomic E-state index is -4.05. The highest BCUT2D eigenvalue weighted by Gasteiger charge is 2.29. The van der Waals surface area contributed by atoms with Crippen LogP contribution < -0.4 is 15.4 Å². The van der Waals surface area contributed by atoms with Crippen LogP contribution in [0.15, 0.2) is 77.7 Å². The summed E-state index contributed by atoms with van der Waals surface area (Å²) in [6.07, 6.45) is 2.27. The number of fused-ring (bicyclic) bond motifs is 1. The van der Waals surface area contributed by atoms with Gasteiger partial charge in [-0.2, -0.15) is 5.26 Å². The number of benzene rings is 3. The molecule has 3 aromatic carbocycles. The number of ether oxygens (including phenoxy) is 1. The Kier molecular flexibility index (Phi) is 10.1. The summed E-state index contributed by atoms with van der Waals surface area (Å²) in [4.78, 5) is 30.0. The number of carbonyl (C=O) groups excluding carboxylic acids is 2. The standard InChI is InChI=1S/C34H37N5O5S2/c1-34(2,3)44-33(41)37-25-16-14-24(15-17-25)31(40)36-26-10-7-11-27(20-26)46(42,43)39-29(19-22-8-6-9-23(18-22)21-35)32-38-28-12-4-5-13-30(28)45-32/h4-13,18,20,24-25,29,39H,14-17,19H2,1-3H3,(H,36,40)(H,37,41). The van der Waals surface area contributed by atoms with E-state index in [1.165, 1.54) is 23.5 Å². The third kappa shape index (κ3) is 8.69. The summed E-state index contributed by atoms with van der Waals surface area (Å²) in [7, 11) is -4.05. The first-order valence-corrected chi connectivity index (χ1v) is 17.5. The van der Waals surface area contributed by atoms with Gasteiger partial charge in [-0.05, 0) is 101 Å². The lowest BCUT2D eigenvalue weighted by Crippen LogP contribution is -2.42. The molecular weight excluding hydrogens is 623 g/mol. The normalized spacial score (nSPS) is 17.5. The van der Waals surface area contributed by atoms with Gasteiger partial charge in [-0.15, -0.1) is 11.3 Å². The van der Waals surface area contributed by atoms with Gasteiger partial charge in [-0.1, -0.05) is 30.3 Å². The molecule has 2 amide bonds. The number of nitriles is 1. The zero-order valence-corrected chi connectivity index (χ0v) is 27.6. The van der Waals surface area contributed by atoms with Gasteiger partial charge >= 0.3 is 6.09 Å². The van der Waals surface area contributed by atoms with Crippen molar-refractivity contribution in [1.29, 1.82) is 5.26 Å². The molecule has 1 atom stereocenters. The number of sulfonamides is 1. The summed E-state index contributed by atoms with van der Waals surface area (Å²) in [6.45, 7) is 5.42. The summed E-state index contributed by atoms with van der Waals surface area (Å²) >= 11 is 1.41. The van der Waals surface area contributed by atoms with E-state index in [4.69, 9.17) is 9.72 Å². The van der Waals surface area contributed by atoms with Crippen LogP contribution in [-0.2, 0) is 26.0 Å². The zero-order chi connectivity index (χ0) is 32.9. The van der Waals surface area contributed by atoms with Crippen molar-refractivity contribution in [2.24, 2.45) is 5.92 Å². The maximum absolute atomic E-state index is 13.8. The van der Waals surface area contributed by atoms with Crippen molar-refractivity contribution >= 4 is 49.3 Å². The predicted molar refractivity (Wildman–Crippen MR) is 178 cm³/mol. The molecular formula is C34H37N5O5S2. The highest BCUT2D eigenvalue weighted by Crippen LogP contribution is 2.31. The first-order valence-electron chi connectivity index (χ1n) is 15.2. The van der Waals surface area contributed by atoms with Gasteiger partial charge in [-0.25, -0.2) is 22.9 Å². The fourth-order valence-corrected chi connectivity index (χ4v) is 7.78. The van der Waals surface area contributed by atoms with Crippen molar-refractivity contribution in [1.82, 2.24) is 15.0 Å². The van der Waals surface area contributed by atoms with Crippen molar-refractivity contribution in [2.75, 3.05) is 5.32 Å². The molecule has 1 unspecified atom stereocenters. The number of alkyl carbamates (subject to hydrolysis) is 1. The monoisotopic (exact) mass is 659 g/mol. The zero-order valence-electron chi connectivity index (χ0n) is 25.9.